The molecule has 0 aliphatic carbocycles. The standard InChI is InChI=1S/C24H19BrClN3O2S/c25-18-7-10-21-20(13-18)23(31)29(24(32)28-21)14-16-1-5-17(6-2-16)22(30)27-12-11-15-3-8-19(26)9-4-15/h1-10,13H,11-12,14H2,(H,27,30)(H,28,32). The normalized spacial score (nSPS) is 10.9. The van der Waals surface area contributed by atoms with Crippen molar-refractivity contribution in [2.75, 3.05) is 6.54 Å². The lowest BCUT2D eigenvalue weighted by Gasteiger charge is -2.10. The van der Waals surface area contributed by atoms with Crippen molar-refractivity contribution in [3.8, 4) is 0 Å². The maximum atomic E-state index is 12.9. The molecule has 1 aromatic heterocycles. The smallest absolute Gasteiger partial charge is 0.262 e. The van der Waals surface area contributed by atoms with Crippen LogP contribution in [0.1, 0.15) is 21.5 Å². The molecule has 1 heterocycles. The molecule has 0 saturated heterocycles. The van der Waals surface area contributed by atoms with Crippen LogP contribution in [-0.4, -0.2) is 22.0 Å². The summed E-state index contributed by atoms with van der Waals surface area (Å²) in [6.45, 7) is 0.842. The zero-order valence-electron chi connectivity index (χ0n) is 16.9. The molecule has 0 aliphatic rings. The lowest BCUT2D eigenvalue weighted by molar-refractivity contribution is 0.0954. The lowest BCUT2D eigenvalue weighted by Crippen LogP contribution is -2.26. The van der Waals surface area contributed by atoms with E-state index in [2.05, 4.69) is 26.2 Å². The molecule has 2 N–H and O–H groups in total. The minimum atomic E-state index is -0.158. The van der Waals surface area contributed by atoms with Gasteiger partial charge in [-0.1, -0.05) is 51.8 Å². The molecule has 32 heavy (non-hydrogen) atoms. The first-order valence-electron chi connectivity index (χ1n) is 9.95. The van der Waals surface area contributed by atoms with Crippen LogP contribution in [0.5, 0.6) is 0 Å². The Bertz CT molecular complexity index is 1400. The molecular weight excluding hydrogens is 510 g/mol. The number of hydrogen-bond donors (Lipinski definition) is 2. The van der Waals surface area contributed by atoms with Gasteiger partial charge in [-0.3, -0.25) is 14.2 Å². The first kappa shape index (κ1) is 22.5. The Morgan fingerprint density at radius 3 is 2.44 bits per heavy atom. The van der Waals surface area contributed by atoms with Gasteiger partial charge in [-0.15, -0.1) is 0 Å². The van der Waals surface area contributed by atoms with Gasteiger partial charge in [0.25, 0.3) is 11.5 Å². The quantitative estimate of drug-likeness (QED) is 0.325. The molecule has 0 saturated carbocycles. The van der Waals surface area contributed by atoms with E-state index in [4.69, 9.17) is 23.8 Å². The zero-order chi connectivity index (χ0) is 22.7. The third-order valence-electron chi connectivity index (χ3n) is 5.11. The number of carbonyl (C=O) groups excluding carboxylic acids is 1. The predicted octanol–water partition coefficient (Wildman–Crippen LogP) is 5.50. The third-order valence-corrected chi connectivity index (χ3v) is 6.18. The molecule has 0 fully saturated rings. The van der Waals surface area contributed by atoms with E-state index in [1.165, 1.54) is 4.57 Å². The van der Waals surface area contributed by atoms with Gasteiger partial charge in [-0.25, -0.2) is 0 Å². The van der Waals surface area contributed by atoms with Gasteiger partial charge in [0, 0.05) is 21.6 Å². The minimum Gasteiger partial charge on any atom is -0.352 e. The van der Waals surface area contributed by atoms with E-state index in [1.54, 1.807) is 18.2 Å². The molecule has 0 bridgehead atoms. The van der Waals surface area contributed by atoms with Crippen molar-refractivity contribution in [2.24, 2.45) is 0 Å². The first-order chi connectivity index (χ1) is 15.4. The Labute approximate surface area is 203 Å². The van der Waals surface area contributed by atoms with Gasteiger partial charge in [-0.2, -0.15) is 0 Å². The molecule has 0 aliphatic heterocycles. The van der Waals surface area contributed by atoms with Crippen molar-refractivity contribution < 1.29 is 4.79 Å². The van der Waals surface area contributed by atoms with E-state index >= 15 is 0 Å². The van der Waals surface area contributed by atoms with E-state index in [0.29, 0.717) is 39.3 Å². The number of benzene rings is 3. The summed E-state index contributed by atoms with van der Waals surface area (Å²) in [7, 11) is 0. The number of carbonyl (C=O) groups is 1. The Kier molecular flexibility index (Phi) is 6.89. The van der Waals surface area contributed by atoms with E-state index < -0.39 is 0 Å². The van der Waals surface area contributed by atoms with Crippen molar-refractivity contribution in [1.29, 1.82) is 0 Å². The predicted molar refractivity (Wildman–Crippen MR) is 134 cm³/mol. The summed E-state index contributed by atoms with van der Waals surface area (Å²) in [6, 6.07) is 20.2. The van der Waals surface area contributed by atoms with E-state index in [-0.39, 0.29) is 11.5 Å². The number of H-pyrrole nitrogens is 1. The van der Waals surface area contributed by atoms with Crippen LogP contribution in [-0.2, 0) is 13.0 Å². The second-order valence-electron chi connectivity index (χ2n) is 7.34. The molecule has 0 spiro atoms. The van der Waals surface area contributed by atoms with Crippen LogP contribution in [0.25, 0.3) is 10.9 Å². The number of nitrogens with one attached hydrogen (secondary N) is 2. The molecular formula is C24H19BrClN3O2S. The largest absolute Gasteiger partial charge is 0.352 e. The fourth-order valence-corrected chi connectivity index (χ4v) is 4.13. The number of aromatic amines is 1. The zero-order valence-corrected chi connectivity index (χ0v) is 20.1. The molecule has 162 valence electrons. The van der Waals surface area contributed by atoms with Crippen LogP contribution in [0, 0.1) is 4.77 Å². The Morgan fingerprint density at radius 2 is 1.72 bits per heavy atom. The molecule has 5 nitrogen and oxygen atoms in total. The summed E-state index contributed by atoms with van der Waals surface area (Å²) in [5, 5.41) is 4.17. The van der Waals surface area contributed by atoms with Gasteiger partial charge in [0.15, 0.2) is 4.77 Å². The van der Waals surface area contributed by atoms with E-state index in [1.807, 2.05) is 48.5 Å². The summed E-state index contributed by atoms with van der Waals surface area (Å²) in [4.78, 5) is 28.5. The van der Waals surface area contributed by atoms with E-state index in [0.717, 1.165) is 22.0 Å². The van der Waals surface area contributed by atoms with Crippen LogP contribution in [0.2, 0.25) is 5.02 Å². The highest BCUT2D eigenvalue weighted by Crippen LogP contribution is 2.16. The Hall–Kier alpha value is -2.74. The lowest BCUT2D eigenvalue weighted by atomic mass is 10.1. The summed E-state index contributed by atoms with van der Waals surface area (Å²) in [6.07, 6.45) is 0.722. The minimum absolute atomic E-state index is 0.143. The maximum Gasteiger partial charge on any atom is 0.262 e. The highest BCUT2D eigenvalue weighted by atomic mass is 79.9. The highest BCUT2D eigenvalue weighted by molar-refractivity contribution is 9.10. The summed E-state index contributed by atoms with van der Waals surface area (Å²) >= 11 is 14.7. The Morgan fingerprint density at radius 1 is 1.03 bits per heavy atom. The number of amides is 1. The van der Waals surface area contributed by atoms with Crippen LogP contribution < -0.4 is 10.9 Å². The van der Waals surface area contributed by atoms with Gasteiger partial charge in [-0.05, 0) is 72.2 Å². The molecule has 3 aromatic carbocycles. The number of hydrogen-bond acceptors (Lipinski definition) is 3. The first-order valence-corrected chi connectivity index (χ1v) is 11.5. The molecule has 8 heteroatoms. The summed E-state index contributed by atoms with van der Waals surface area (Å²) in [5.41, 5.74) is 3.08. The second-order valence-corrected chi connectivity index (χ2v) is 9.08. The van der Waals surface area contributed by atoms with Crippen LogP contribution >= 0.6 is 39.7 Å². The summed E-state index contributed by atoms with van der Waals surface area (Å²) < 4.78 is 2.70. The number of aromatic nitrogens is 2. The van der Waals surface area contributed by atoms with Crippen LogP contribution in [0.3, 0.4) is 0 Å². The average Bonchev–Trinajstić information content (AvgIpc) is 2.79. The van der Waals surface area contributed by atoms with Crippen molar-refractivity contribution >= 4 is 56.6 Å². The van der Waals surface area contributed by atoms with Crippen molar-refractivity contribution in [3.05, 3.63) is 108 Å². The molecule has 0 radical (unpaired) electrons. The number of halogens is 2. The highest BCUT2D eigenvalue weighted by Gasteiger charge is 2.09. The van der Waals surface area contributed by atoms with Gasteiger partial charge < -0.3 is 10.3 Å². The SMILES string of the molecule is O=C(NCCc1ccc(Cl)cc1)c1ccc(Cn2c(=S)[nH]c3ccc(Br)cc3c2=O)cc1. The summed E-state index contributed by atoms with van der Waals surface area (Å²) in [5.74, 6) is -0.143. The van der Waals surface area contributed by atoms with Crippen LogP contribution in [0.15, 0.2) is 76.0 Å². The van der Waals surface area contributed by atoms with Crippen molar-refractivity contribution in [3.63, 3.8) is 0 Å². The van der Waals surface area contributed by atoms with Gasteiger partial charge >= 0.3 is 0 Å². The van der Waals surface area contributed by atoms with Crippen molar-refractivity contribution in [2.45, 2.75) is 13.0 Å². The van der Waals surface area contributed by atoms with Crippen molar-refractivity contribution in [1.82, 2.24) is 14.9 Å². The number of nitrogens with zero attached hydrogens (tertiary/aromatic N) is 1. The molecule has 0 unspecified atom stereocenters. The molecule has 4 aromatic rings. The van der Waals surface area contributed by atoms with Gasteiger partial charge in [0.1, 0.15) is 0 Å². The fraction of sp³-hybridized carbons (Fsp3) is 0.125. The number of rotatable bonds is 6. The second kappa shape index (κ2) is 9.81. The average molecular weight is 529 g/mol. The maximum absolute atomic E-state index is 12.9. The molecule has 1 amide bonds. The Balaban J connectivity index is 1.43. The topological polar surface area (TPSA) is 66.9 Å². The fourth-order valence-electron chi connectivity index (χ4n) is 3.38. The van der Waals surface area contributed by atoms with Gasteiger partial charge in [0.2, 0.25) is 0 Å². The van der Waals surface area contributed by atoms with E-state index in [9.17, 15) is 9.59 Å². The molecule has 4 rings (SSSR count). The molecule has 0 atom stereocenters. The number of fused-ring (bicyclic) bond motifs is 1. The third kappa shape index (κ3) is 5.18. The monoisotopic (exact) mass is 527 g/mol. The van der Waals surface area contributed by atoms with Gasteiger partial charge in [0.05, 0.1) is 17.4 Å². The van der Waals surface area contributed by atoms with Crippen LogP contribution in [0.4, 0.5) is 0 Å².